The van der Waals surface area contributed by atoms with Gasteiger partial charge in [0.15, 0.2) is 0 Å². The average molecular weight is 148 g/mol. The Kier molecular flexibility index (Phi) is 1.18. The quantitative estimate of drug-likeness (QED) is 0.546. The molecule has 0 saturated carbocycles. The molecule has 0 saturated heterocycles. The summed E-state index contributed by atoms with van der Waals surface area (Å²) in [5.74, 6) is 0.656. The van der Waals surface area contributed by atoms with E-state index in [1.54, 1.807) is 6.20 Å². The van der Waals surface area contributed by atoms with Gasteiger partial charge in [-0.2, -0.15) is 0 Å². The van der Waals surface area contributed by atoms with Crippen LogP contribution in [0, 0.1) is 0 Å². The first-order valence-electron chi connectivity index (χ1n) is 3.58. The minimum Gasteiger partial charge on any atom is -0.383 e. The highest BCUT2D eigenvalue weighted by Gasteiger charge is 2.20. The van der Waals surface area contributed by atoms with Crippen LogP contribution in [0.25, 0.3) is 0 Å². The highest BCUT2D eigenvalue weighted by atomic mass is 15.0. The first-order valence-corrected chi connectivity index (χ1v) is 3.58. The molecule has 1 aliphatic rings. The third-order valence-electron chi connectivity index (χ3n) is 2.01. The molecule has 1 aromatic heterocycles. The fourth-order valence-corrected chi connectivity index (χ4v) is 1.36. The van der Waals surface area contributed by atoms with Crippen molar-refractivity contribution in [2.24, 2.45) is 0 Å². The Morgan fingerprint density at radius 1 is 1.64 bits per heavy atom. The Morgan fingerprint density at radius 3 is 3.18 bits per heavy atom. The summed E-state index contributed by atoms with van der Waals surface area (Å²) in [5, 5.41) is 0. The molecular formula is C8H10N3+. The Hall–Kier alpha value is -1.38. The van der Waals surface area contributed by atoms with Crippen LogP contribution in [-0.2, 0) is 6.42 Å². The minimum absolute atomic E-state index is 0.656. The Bertz CT molecular complexity index is 328. The lowest BCUT2D eigenvalue weighted by atomic mass is 10.2. The van der Waals surface area contributed by atoms with Crippen molar-refractivity contribution in [1.29, 1.82) is 0 Å². The van der Waals surface area contributed by atoms with Crippen molar-refractivity contribution in [2.45, 2.75) is 6.42 Å². The molecule has 11 heavy (non-hydrogen) atoms. The van der Waals surface area contributed by atoms with Crippen LogP contribution in [0.3, 0.4) is 0 Å². The van der Waals surface area contributed by atoms with Crippen LogP contribution in [0.5, 0.6) is 0 Å². The molecular weight excluding hydrogens is 138 g/mol. The summed E-state index contributed by atoms with van der Waals surface area (Å²) in [6.45, 7) is 0. The second-order valence-corrected chi connectivity index (χ2v) is 2.69. The van der Waals surface area contributed by atoms with Crippen molar-refractivity contribution >= 4 is 17.7 Å². The Balaban J connectivity index is 2.64. The molecule has 1 aromatic rings. The summed E-state index contributed by atoms with van der Waals surface area (Å²) in [5.41, 5.74) is 8.00. The molecule has 2 rings (SSSR count). The SMILES string of the molecule is C[N+]1=CCc2c1ccnc2N. The maximum atomic E-state index is 5.68. The van der Waals surface area contributed by atoms with E-state index in [-0.39, 0.29) is 0 Å². The van der Waals surface area contributed by atoms with E-state index in [2.05, 4.69) is 15.8 Å². The monoisotopic (exact) mass is 148 g/mol. The summed E-state index contributed by atoms with van der Waals surface area (Å²) in [6.07, 6.45) is 4.75. The second kappa shape index (κ2) is 2.05. The van der Waals surface area contributed by atoms with Gasteiger partial charge in [0.2, 0.25) is 5.69 Å². The Morgan fingerprint density at radius 2 is 2.45 bits per heavy atom. The summed E-state index contributed by atoms with van der Waals surface area (Å²) in [4.78, 5) is 4.02. The van der Waals surface area contributed by atoms with Gasteiger partial charge >= 0.3 is 0 Å². The molecule has 3 nitrogen and oxygen atoms in total. The van der Waals surface area contributed by atoms with E-state index in [1.807, 2.05) is 13.1 Å². The molecule has 56 valence electrons. The van der Waals surface area contributed by atoms with Crippen LogP contribution in [0.4, 0.5) is 11.5 Å². The van der Waals surface area contributed by atoms with Gasteiger partial charge in [0.25, 0.3) is 0 Å². The fourth-order valence-electron chi connectivity index (χ4n) is 1.36. The van der Waals surface area contributed by atoms with E-state index < -0.39 is 0 Å². The van der Waals surface area contributed by atoms with Crippen molar-refractivity contribution in [2.75, 3.05) is 12.8 Å². The van der Waals surface area contributed by atoms with E-state index in [0.717, 1.165) is 12.0 Å². The molecule has 0 bridgehead atoms. The largest absolute Gasteiger partial charge is 0.383 e. The van der Waals surface area contributed by atoms with Crippen LogP contribution in [0.15, 0.2) is 12.3 Å². The number of fused-ring (bicyclic) bond motifs is 1. The molecule has 0 unspecified atom stereocenters. The zero-order chi connectivity index (χ0) is 7.84. The van der Waals surface area contributed by atoms with E-state index in [9.17, 15) is 0 Å². The number of aromatic nitrogens is 1. The maximum Gasteiger partial charge on any atom is 0.213 e. The molecule has 2 N–H and O–H groups in total. The summed E-state index contributed by atoms with van der Waals surface area (Å²) in [6, 6.07) is 1.98. The number of anilines is 1. The number of nitrogen functional groups attached to an aromatic ring is 1. The normalized spacial score (nSPS) is 14.5. The zero-order valence-corrected chi connectivity index (χ0v) is 6.41. The van der Waals surface area contributed by atoms with Gasteiger partial charge in [-0.1, -0.05) is 0 Å². The third kappa shape index (κ3) is 0.808. The van der Waals surface area contributed by atoms with Gasteiger partial charge in [0.1, 0.15) is 19.1 Å². The summed E-state index contributed by atoms with van der Waals surface area (Å²) < 4.78 is 2.08. The molecule has 0 radical (unpaired) electrons. The summed E-state index contributed by atoms with van der Waals surface area (Å²) >= 11 is 0. The van der Waals surface area contributed by atoms with Gasteiger partial charge in [-0.05, 0) is 0 Å². The van der Waals surface area contributed by atoms with E-state index >= 15 is 0 Å². The number of hydrogen-bond donors (Lipinski definition) is 1. The maximum absolute atomic E-state index is 5.68. The number of pyridine rings is 1. The van der Waals surface area contributed by atoms with Crippen molar-refractivity contribution in [3.05, 3.63) is 17.8 Å². The van der Waals surface area contributed by atoms with Crippen molar-refractivity contribution < 1.29 is 4.58 Å². The standard InChI is InChI=1S/C8H10N3/c1-11-5-3-6-7(11)2-4-10-8(6)9/h2,4-5H,3H2,1H3,(H2,9,10)/q+1. The lowest BCUT2D eigenvalue weighted by Gasteiger charge is -1.96. The highest BCUT2D eigenvalue weighted by molar-refractivity contribution is 5.71. The van der Waals surface area contributed by atoms with Crippen LogP contribution in [-0.4, -0.2) is 22.8 Å². The molecule has 1 aliphatic heterocycles. The lowest BCUT2D eigenvalue weighted by molar-refractivity contribution is -0.396. The number of nitrogens with zero attached hydrogens (tertiary/aromatic N) is 2. The van der Waals surface area contributed by atoms with Gasteiger partial charge in [0, 0.05) is 12.3 Å². The predicted octanol–water partition coefficient (Wildman–Crippen LogP) is 0.565. The Labute approximate surface area is 65.2 Å². The van der Waals surface area contributed by atoms with Gasteiger partial charge in [-0.3, -0.25) is 0 Å². The van der Waals surface area contributed by atoms with E-state index in [4.69, 9.17) is 5.73 Å². The smallest absolute Gasteiger partial charge is 0.213 e. The molecule has 0 spiro atoms. The van der Waals surface area contributed by atoms with Crippen molar-refractivity contribution in [3.63, 3.8) is 0 Å². The zero-order valence-electron chi connectivity index (χ0n) is 6.41. The molecule has 0 aromatic carbocycles. The third-order valence-corrected chi connectivity index (χ3v) is 2.01. The van der Waals surface area contributed by atoms with E-state index in [0.29, 0.717) is 5.82 Å². The molecule has 3 heteroatoms. The number of rotatable bonds is 0. The average Bonchev–Trinajstić information content (AvgIpc) is 2.35. The van der Waals surface area contributed by atoms with Gasteiger partial charge in [-0.15, -0.1) is 0 Å². The van der Waals surface area contributed by atoms with Gasteiger partial charge < -0.3 is 5.73 Å². The van der Waals surface area contributed by atoms with Crippen LogP contribution in [0.2, 0.25) is 0 Å². The summed E-state index contributed by atoms with van der Waals surface area (Å²) in [7, 11) is 2.02. The molecule has 0 aliphatic carbocycles. The van der Waals surface area contributed by atoms with Crippen molar-refractivity contribution in [3.8, 4) is 0 Å². The number of hydrogen-bond acceptors (Lipinski definition) is 2. The molecule has 0 fully saturated rings. The first kappa shape index (κ1) is 6.34. The topological polar surface area (TPSA) is 41.9 Å². The van der Waals surface area contributed by atoms with Gasteiger partial charge in [0.05, 0.1) is 12.0 Å². The van der Waals surface area contributed by atoms with Gasteiger partial charge in [-0.25, -0.2) is 9.56 Å². The first-order chi connectivity index (χ1) is 5.29. The highest BCUT2D eigenvalue weighted by Crippen LogP contribution is 2.25. The molecule has 2 heterocycles. The fraction of sp³-hybridized carbons (Fsp3) is 0.250. The molecule has 0 amide bonds. The second-order valence-electron chi connectivity index (χ2n) is 2.69. The van der Waals surface area contributed by atoms with Crippen LogP contribution >= 0.6 is 0 Å². The minimum atomic E-state index is 0.656. The van der Waals surface area contributed by atoms with Crippen LogP contribution < -0.4 is 5.73 Å². The van der Waals surface area contributed by atoms with E-state index in [1.165, 1.54) is 5.69 Å². The number of nitrogens with two attached hydrogens (primary N) is 1. The predicted molar refractivity (Wildman–Crippen MR) is 44.3 cm³/mol. The van der Waals surface area contributed by atoms with Crippen LogP contribution in [0.1, 0.15) is 5.56 Å². The van der Waals surface area contributed by atoms with Crippen molar-refractivity contribution in [1.82, 2.24) is 4.98 Å². The molecule has 0 atom stereocenters. The lowest BCUT2D eigenvalue weighted by Crippen LogP contribution is -1.96.